The normalized spacial score (nSPS) is 16.6. The molecule has 0 aliphatic carbocycles. The van der Waals surface area contributed by atoms with Gasteiger partial charge in [-0.2, -0.15) is 0 Å². The fraction of sp³-hybridized carbons (Fsp3) is 0.762. The van der Waals surface area contributed by atoms with Crippen molar-refractivity contribution in [2.75, 3.05) is 0 Å². The Morgan fingerprint density at radius 2 is 1.42 bits per heavy atom. The first-order chi connectivity index (χ1) is 15.2. The number of rotatable bonds is 15. The fourth-order valence-electron chi connectivity index (χ4n) is 2.95. The van der Waals surface area contributed by atoms with Crippen LogP contribution in [0.25, 0.3) is 0 Å². The predicted molar refractivity (Wildman–Crippen MR) is 120 cm³/mol. The molecule has 0 aromatic heterocycles. The number of aliphatic hydroxyl groups is 1. The first kappa shape index (κ1) is 30.3. The quantitative estimate of drug-likeness (QED) is 0.150. The molecule has 0 aromatic rings. The van der Waals surface area contributed by atoms with Crippen LogP contribution in [0, 0.1) is 11.8 Å². The van der Waals surface area contributed by atoms with E-state index < -0.39 is 59.9 Å². The van der Waals surface area contributed by atoms with Gasteiger partial charge in [0.05, 0.1) is 12.1 Å². The number of hydrogen-bond donors (Lipinski definition) is 7. The summed E-state index contributed by atoms with van der Waals surface area (Å²) >= 11 is 0. The zero-order valence-electron chi connectivity index (χ0n) is 20.0. The molecule has 0 saturated heterocycles. The lowest BCUT2D eigenvalue weighted by atomic mass is 9.98. The smallest absolute Gasteiger partial charge is 0.326 e. The van der Waals surface area contributed by atoms with Crippen molar-refractivity contribution >= 4 is 29.6 Å². The number of amides is 4. The lowest BCUT2D eigenvalue weighted by Crippen LogP contribution is -2.60. The number of hydrogen-bond acceptors (Lipinski definition) is 7. The number of aliphatic carboxylic acids is 1. The Labute approximate surface area is 194 Å². The molecule has 0 bridgehead atoms. The zero-order chi connectivity index (χ0) is 25.9. The van der Waals surface area contributed by atoms with Crippen LogP contribution in [0.5, 0.6) is 0 Å². The number of nitrogens with one attached hydrogen (secondary N) is 3. The van der Waals surface area contributed by atoms with Gasteiger partial charge in [-0.25, -0.2) is 4.79 Å². The number of aliphatic hydroxyl groups excluding tert-OH is 1. The van der Waals surface area contributed by atoms with Gasteiger partial charge in [0.1, 0.15) is 18.1 Å². The average molecular weight is 474 g/mol. The van der Waals surface area contributed by atoms with Crippen LogP contribution < -0.4 is 27.4 Å². The minimum absolute atomic E-state index is 0.0617. The molecule has 0 aliphatic heterocycles. The lowest BCUT2D eigenvalue weighted by Gasteiger charge is -2.28. The third kappa shape index (κ3) is 11.1. The third-order valence-electron chi connectivity index (χ3n) is 5.26. The molecular formula is C21H39N5O7. The Morgan fingerprint density at radius 3 is 1.85 bits per heavy atom. The van der Waals surface area contributed by atoms with Crippen LogP contribution >= 0.6 is 0 Å². The van der Waals surface area contributed by atoms with E-state index in [-0.39, 0.29) is 31.1 Å². The Balaban J connectivity index is 5.47. The highest BCUT2D eigenvalue weighted by atomic mass is 16.4. The van der Waals surface area contributed by atoms with Gasteiger partial charge in [-0.1, -0.05) is 34.1 Å². The molecule has 0 fully saturated rings. The number of nitrogens with two attached hydrogens (primary N) is 2. The van der Waals surface area contributed by atoms with Crippen LogP contribution in [0.4, 0.5) is 0 Å². The molecule has 0 saturated carbocycles. The van der Waals surface area contributed by atoms with Crippen molar-refractivity contribution in [2.24, 2.45) is 23.3 Å². The van der Waals surface area contributed by atoms with Crippen molar-refractivity contribution in [3.8, 4) is 0 Å². The summed E-state index contributed by atoms with van der Waals surface area (Å²) in [5.41, 5.74) is 10.9. The largest absolute Gasteiger partial charge is 0.480 e. The van der Waals surface area contributed by atoms with E-state index in [0.717, 1.165) is 0 Å². The number of primary amides is 1. The van der Waals surface area contributed by atoms with Crippen LogP contribution in [0.3, 0.4) is 0 Å². The number of carbonyl (C=O) groups excluding carboxylic acids is 4. The second kappa shape index (κ2) is 14.4. The average Bonchev–Trinajstić information content (AvgIpc) is 2.71. The maximum Gasteiger partial charge on any atom is 0.326 e. The second-order valence-electron chi connectivity index (χ2n) is 8.73. The molecule has 190 valence electrons. The number of carboxylic acids is 1. The van der Waals surface area contributed by atoms with Crippen LogP contribution in [-0.2, 0) is 24.0 Å². The zero-order valence-corrected chi connectivity index (χ0v) is 20.0. The molecule has 0 spiro atoms. The molecule has 0 radical (unpaired) electrons. The highest BCUT2D eigenvalue weighted by Gasteiger charge is 2.33. The topological polar surface area (TPSA) is 214 Å². The molecule has 0 aliphatic rings. The minimum Gasteiger partial charge on any atom is -0.480 e. The maximum atomic E-state index is 12.8. The SMILES string of the molecule is CCC(C)C(N)C(=O)NC(C(=O)NC(CC(C)C)C(=O)NC(CCC(N)=O)C(=O)O)C(C)O. The molecule has 6 unspecified atom stereocenters. The van der Waals surface area contributed by atoms with E-state index >= 15 is 0 Å². The van der Waals surface area contributed by atoms with Gasteiger partial charge in [-0.3, -0.25) is 19.2 Å². The van der Waals surface area contributed by atoms with Crippen molar-refractivity contribution in [2.45, 2.75) is 90.6 Å². The molecule has 12 nitrogen and oxygen atoms in total. The maximum absolute atomic E-state index is 12.8. The molecule has 12 heteroatoms. The Kier molecular flexibility index (Phi) is 13.2. The first-order valence-electron chi connectivity index (χ1n) is 11.1. The second-order valence-corrected chi connectivity index (χ2v) is 8.73. The van der Waals surface area contributed by atoms with Gasteiger partial charge in [0, 0.05) is 6.42 Å². The third-order valence-corrected chi connectivity index (χ3v) is 5.26. The first-order valence-corrected chi connectivity index (χ1v) is 11.1. The Morgan fingerprint density at radius 1 is 0.879 bits per heavy atom. The summed E-state index contributed by atoms with van der Waals surface area (Å²) in [4.78, 5) is 60.4. The highest BCUT2D eigenvalue weighted by molar-refractivity contribution is 5.94. The monoisotopic (exact) mass is 473 g/mol. The van der Waals surface area contributed by atoms with Gasteiger partial charge < -0.3 is 37.6 Å². The highest BCUT2D eigenvalue weighted by Crippen LogP contribution is 2.09. The van der Waals surface area contributed by atoms with Crippen molar-refractivity contribution in [1.29, 1.82) is 0 Å². The van der Waals surface area contributed by atoms with E-state index in [9.17, 15) is 34.2 Å². The van der Waals surface area contributed by atoms with Gasteiger partial charge in [0.15, 0.2) is 0 Å². The van der Waals surface area contributed by atoms with Crippen LogP contribution in [-0.4, -0.2) is 70.1 Å². The van der Waals surface area contributed by atoms with Gasteiger partial charge in [0.2, 0.25) is 23.6 Å². The van der Waals surface area contributed by atoms with Gasteiger partial charge in [-0.15, -0.1) is 0 Å². The Bertz CT molecular complexity index is 698. The van der Waals surface area contributed by atoms with Crippen molar-refractivity contribution < 1.29 is 34.2 Å². The van der Waals surface area contributed by atoms with E-state index in [0.29, 0.717) is 6.42 Å². The van der Waals surface area contributed by atoms with Crippen molar-refractivity contribution in [1.82, 2.24) is 16.0 Å². The van der Waals surface area contributed by atoms with Gasteiger partial charge in [-0.05, 0) is 31.6 Å². The number of carboxylic acid groups (broad SMARTS) is 1. The number of carbonyl (C=O) groups is 5. The van der Waals surface area contributed by atoms with E-state index in [1.54, 1.807) is 20.8 Å². The van der Waals surface area contributed by atoms with E-state index in [4.69, 9.17) is 11.5 Å². The molecule has 0 heterocycles. The van der Waals surface area contributed by atoms with Crippen LogP contribution in [0.15, 0.2) is 0 Å². The summed E-state index contributed by atoms with van der Waals surface area (Å²) in [6.45, 7) is 8.54. The summed E-state index contributed by atoms with van der Waals surface area (Å²) in [5.74, 6) is -4.50. The molecular weight excluding hydrogens is 434 g/mol. The molecule has 0 aromatic carbocycles. The summed E-state index contributed by atoms with van der Waals surface area (Å²) in [6.07, 6.45) is -0.948. The molecule has 4 amide bonds. The lowest BCUT2D eigenvalue weighted by molar-refractivity contribution is -0.142. The summed E-state index contributed by atoms with van der Waals surface area (Å²) in [7, 11) is 0. The van der Waals surface area contributed by atoms with Crippen LogP contribution in [0.1, 0.15) is 60.3 Å². The molecule has 0 rings (SSSR count). The van der Waals surface area contributed by atoms with Crippen molar-refractivity contribution in [3.05, 3.63) is 0 Å². The fourth-order valence-corrected chi connectivity index (χ4v) is 2.95. The molecule has 33 heavy (non-hydrogen) atoms. The van der Waals surface area contributed by atoms with Crippen molar-refractivity contribution in [3.63, 3.8) is 0 Å². The molecule has 6 atom stereocenters. The summed E-state index contributed by atoms with van der Waals surface area (Å²) in [5, 5.41) is 26.5. The summed E-state index contributed by atoms with van der Waals surface area (Å²) < 4.78 is 0. The van der Waals surface area contributed by atoms with Gasteiger partial charge >= 0.3 is 5.97 Å². The summed E-state index contributed by atoms with van der Waals surface area (Å²) in [6, 6.07) is -4.78. The van der Waals surface area contributed by atoms with E-state index in [1.807, 2.05) is 6.92 Å². The van der Waals surface area contributed by atoms with E-state index in [1.165, 1.54) is 6.92 Å². The predicted octanol–water partition coefficient (Wildman–Crippen LogP) is -1.41. The Hall–Kier alpha value is -2.73. The van der Waals surface area contributed by atoms with Crippen LogP contribution in [0.2, 0.25) is 0 Å². The minimum atomic E-state index is -1.38. The van der Waals surface area contributed by atoms with E-state index in [2.05, 4.69) is 16.0 Å². The van der Waals surface area contributed by atoms with Gasteiger partial charge in [0.25, 0.3) is 0 Å². The molecule has 9 N–H and O–H groups in total. The standard InChI is InChI=1S/C21H39N5O7/c1-6-11(4)16(23)19(30)26-17(12(5)27)20(31)25-14(9-10(2)3)18(29)24-13(21(32)33)7-8-15(22)28/h10-14,16-17,27H,6-9,23H2,1-5H3,(H2,22,28)(H,24,29)(H,25,31)(H,26,30)(H,32,33).